The van der Waals surface area contributed by atoms with E-state index in [1.807, 2.05) is 54.6 Å². The van der Waals surface area contributed by atoms with Gasteiger partial charge in [-0.05, 0) is 33.9 Å². The summed E-state index contributed by atoms with van der Waals surface area (Å²) in [5.74, 6) is 0.295. The molecule has 24 heavy (non-hydrogen) atoms. The summed E-state index contributed by atoms with van der Waals surface area (Å²) in [6.45, 7) is 4.32. The molecule has 0 aliphatic carbocycles. The molecule has 1 amide bonds. The largest absolute Gasteiger partial charge is 0.271 e. The molecule has 0 radical (unpaired) electrons. The molecule has 0 aliphatic rings. The van der Waals surface area contributed by atoms with Crippen molar-refractivity contribution in [1.82, 2.24) is 5.43 Å². The van der Waals surface area contributed by atoms with Gasteiger partial charge in [-0.2, -0.15) is 5.10 Å². The van der Waals surface area contributed by atoms with E-state index in [9.17, 15) is 4.79 Å². The molecular weight excluding hydrogens is 296 g/mol. The van der Waals surface area contributed by atoms with Crippen LogP contribution in [0.15, 0.2) is 71.8 Å². The van der Waals surface area contributed by atoms with Crippen LogP contribution in [0.2, 0.25) is 0 Å². The quantitative estimate of drug-likeness (QED) is 0.549. The first kappa shape index (κ1) is 15.9. The van der Waals surface area contributed by atoms with Crippen molar-refractivity contribution in [2.24, 2.45) is 5.10 Å². The third kappa shape index (κ3) is 3.51. The number of amides is 1. The Morgan fingerprint density at radius 1 is 0.958 bits per heavy atom. The first-order chi connectivity index (χ1) is 11.6. The van der Waals surface area contributed by atoms with Gasteiger partial charge in [0, 0.05) is 5.56 Å². The summed E-state index contributed by atoms with van der Waals surface area (Å²) in [6, 6.07) is 21.7. The molecule has 0 aromatic heterocycles. The number of carbonyl (C=O) groups excluding carboxylic acids is 1. The van der Waals surface area contributed by atoms with Crippen molar-refractivity contribution in [3.05, 3.63) is 83.4 Å². The Balaban J connectivity index is 1.72. The molecule has 3 aromatic rings. The number of benzene rings is 3. The zero-order valence-electron chi connectivity index (χ0n) is 13.9. The second-order valence-corrected chi connectivity index (χ2v) is 6.05. The van der Waals surface area contributed by atoms with Crippen molar-refractivity contribution in [3.8, 4) is 0 Å². The number of rotatable bonds is 4. The van der Waals surface area contributed by atoms with Crippen LogP contribution in [0.25, 0.3) is 10.8 Å². The van der Waals surface area contributed by atoms with Crippen molar-refractivity contribution in [1.29, 1.82) is 0 Å². The summed E-state index contributed by atoms with van der Waals surface area (Å²) in [5, 5.41) is 6.04. The fraction of sp³-hybridized carbons (Fsp3) is 0.143. The number of nitrogens with zero attached hydrogens (tertiary/aromatic N) is 1. The molecule has 3 aromatic carbocycles. The second-order valence-electron chi connectivity index (χ2n) is 6.05. The van der Waals surface area contributed by atoms with Crippen LogP contribution in [0.5, 0.6) is 0 Å². The molecule has 0 heterocycles. The third-order valence-electron chi connectivity index (χ3n) is 4.02. The maximum absolute atomic E-state index is 12.4. The van der Waals surface area contributed by atoms with Gasteiger partial charge in [-0.1, -0.05) is 74.5 Å². The minimum absolute atomic E-state index is 0.207. The lowest BCUT2D eigenvalue weighted by Gasteiger charge is -2.05. The van der Waals surface area contributed by atoms with Crippen LogP contribution in [0.4, 0.5) is 0 Å². The molecule has 1 N–H and O–H groups in total. The van der Waals surface area contributed by atoms with Crippen LogP contribution in [0.3, 0.4) is 0 Å². The third-order valence-corrected chi connectivity index (χ3v) is 4.02. The standard InChI is InChI=1S/C21H20N2O/c1-15(2)17-12-10-16(11-13-17)14-22-23-21(24)20-9-5-7-18-6-3-4-8-19(18)20/h3-15H,1-2H3,(H,23,24)/b22-14-. The van der Waals surface area contributed by atoms with E-state index in [4.69, 9.17) is 0 Å². The summed E-state index contributed by atoms with van der Waals surface area (Å²) in [6.07, 6.45) is 1.66. The first-order valence-electron chi connectivity index (χ1n) is 8.06. The van der Waals surface area contributed by atoms with Gasteiger partial charge in [-0.15, -0.1) is 0 Å². The number of hydrogen-bond acceptors (Lipinski definition) is 2. The highest BCUT2D eigenvalue weighted by Gasteiger charge is 2.08. The minimum atomic E-state index is -0.207. The van der Waals surface area contributed by atoms with E-state index in [0.717, 1.165) is 16.3 Å². The molecule has 0 unspecified atom stereocenters. The van der Waals surface area contributed by atoms with Gasteiger partial charge in [0.25, 0.3) is 5.91 Å². The number of fused-ring (bicyclic) bond motifs is 1. The van der Waals surface area contributed by atoms with Crippen LogP contribution in [0.1, 0.15) is 41.3 Å². The number of hydrazone groups is 1. The van der Waals surface area contributed by atoms with E-state index in [0.29, 0.717) is 11.5 Å². The maximum atomic E-state index is 12.4. The zero-order valence-corrected chi connectivity index (χ0v) is 13.9. The lowest BCUT2D eigenvalue weighted by Crippen LogP contribution is -2.17. The van der Waals surface area contributed by atoms with Crippen LogP contribution in [-0.2, 0) is 0 Å². The van der Waals surface area contributed by atoms with Gasteiger partial charge in [-0.3, -0.25) is 4.79 Å². The molecule has 0 atom stereocenters. The van der Waals surface area contributed by atoms with E-state index in [-0.39, 0.29) is 5.91 Å². The van der Waals surface area contributed by atoms with E-state index in [1.165, 1.54) is 5.56 Å². The molecule has 3 heteroatoms. The Bertz CT molecular complexity index is 874. The van der Waals surface area contributed by atoms with Crippen LogP contribution in [0, 0.1) is 0 Å². The molecular formula is C21H20N2O. The summed E-state index contributed by atoms with van der Waals surface area (Å²) in [7, 11) is 0. The van der Waals surface area contributed by atoms with E-state index >= 15 is 0 Å². The molecule has 0 fully saturated rings. The Morgan fingerprint density at radius 2 is 1.67 bits per heavy atom. The van der Waals surface area contributed by atoms with E-state index in [2.05, 4.69) is 36.5 Å². The van der Waals surface area contributed by atoms with Crippen LogP contribution in [-0.4, -0.2) is 12.1 Å². The SMILES string of the molecule is CC(C)c1ccc(/C=N\NC(=O)c2cccc3ccccc23)cc1. The van der Waals surface area contributed by atoms with Crippen molar-refractivity contribution in [3.63, 3.8) is 0 Å². The average Bonchev–Trinajstić information content (AvgIpc) is 2.61. The lowest BCUT2D eigenvalue weighted by atomic mass is 10.0. The Kier molecular flexibility index (Phi) is 4.71. The highest BCUT2D eigenvalue weighted by Crippen LogP contribution is 2.18. The average molecular weight is 316 g/mol. The highest BCUT2D eigenvalue weighted by molar-refractivity contribution is 6.07. The molecule has 3 rings (SSSR count). The predicted octanol–water partition coefficient (Wildman–Crippen LogP) is 4.73. The Hall–Kier alpha value is -2.94. The molecule has 120 valence electrons. The van der Waals surface area contributed by atoms with Crippen LogP contribution >= 0.6 is 0 Å². The Labute approximate surface area is 142 Å². The van der Waals surface area contributed by atoms with Crippen molar-refractivity contribution in [2.45, 2.75) is 19.8 Å². The molecule has 0 spiro atoms. The predicted molar refractivity (Wildman–Crippen MR) is 99.5 cm³/mol. The van der Waals surface area contributed by atoms with Gasteiger partial charge in [0.1, 0.15) is 0 Å². The summed E-state index contributed by atoms with van der Waals surface area (Å²) in [5.41, 5.74) is 5.47. The van der Waals surface area contributed by atoms with Crippen molar-refractivity contribution in [2.75, 3.05) is 0 Å². The minimum Gasteiger partial charge on any atom is -0.267 e. The summed E-state index contributed by atoms with van der Waals surface area (Å²) < 4.78 is 0. The first-order valence-corrected chi connectivity index (χ1v) is 8.06. The van der Waals surface area contributed by atoms with Gasteiger partial charge in [-0.25, -0.2) is 5.43 Å². The number of nitrogens with one attached hydrogen (secondary N) is 1. The fourth-order valence-corrected chi connectivity index (χ4v) is 2.62. The highest BCUT2D eigenvalue weighted by atomic mass is 16.2. The van der Waals surface area contributed by atoms with Gasteiger partial charge < -0.3 is 0 Å². The van der Waals surface area contributed by atoms with Crippen LogP contribution < -0.4 is 5.43 Å². The van der Waals surface area contributed by atoms with E-state index < -0.39 is 0 Å². The van der Waals surface area contributed by atoms with Gasteiger partial charge >= 0.3 is 0 Å². The molecule has 0 bridgehead atoms. The summed E-state index contributed by atoms with van der Waals surface area (Å²) >= 11 is 0. The fourth-order valence-electron chi connectivity index (χ4n) is 2.62. The summed E-state index contributed by atoms with van der Waals surface area (Å²) in [4.78, 5) is 12.4. The van der Waals surface area contributed by atoms with Gasteiger partial charge in [0.05, 0.1) is 6.21 Å². The topological polar surface area (TPSA) is 41.5 Å². The van der Waals surface area contributed by atoms with Gasteiger partial charge in [0.2, 0.25) is 0 Å². The smallest absolute Gasteiger partial charge is 0.267 e. The lowest BCUT2D eigenvalue weighted by molar-refractivity contribution is 0.0957. The monoisotopic (exact) mass is 316 g/mol. The van der Waals surface area contributed by atoms with Crippen molar-refractivity contribution < 1.29 is 4.79 Å². The molecule has 0 saturated heterocycles. The maximum Gasteiger partial charge on any atom is 0.271 e. The number of hydrogen-bond donors (Lipinski definition) is 1. The van der Waals surface area contributed by atoms with Crippen molar-refractivity contribution >= 4 is 22.9 Å². The normalized spacial score (nSPS) is 11.3. The molecule has 0 aliphatic heterocycles. The van der Waals surface area contributed by atoms with Gasteiger partial charge in [0.15, 0.2) is 0 Å². The zero-order chi connectivity index (χ0) is 16.9. The molecule has 0 saturated carbocycles. The van der Waals surface area contributed by atoms with E-state index in [1.54, 1.807) is 6.21 Å². The Morgan fingerprint density at radius 3 is 2.42 bits per heavy atom. The molecule has 3 nitrogen and oxygen atoms in total. The second kappa shape index (κ2) is 7.09. The number of carbonyl (C=O) groups is 1.